The predicted octanol–water partition coefficient (Wildman–Crippen LogP) is 0.601. The van der Waals surface area contributed by atoms with E-state index in [-0.39, 0.29) is 5.56 Å². The van der Waals surface area contributed by atoms with Gasteiger partial charge in [-0.1, -0.05) is 0 Å². The summed E-state index contributed by atoms with van der Waals surface area (Å²) in [5, 5.41) is 8.91. The molecule has 6 nitrogen and oxygen atoms in total. The number of carboxylic acid groups (broad SMARTS) is 1. The predicted molar refractivity (Wildman–Crippen MR) is 75.1 cm³/mol. The Bertz CT molecular complexity index is 640. The van der Waals surface area contributed by atoms with Crippen LogP contribution in [0.25, 0.3) is 0 Å². The Morgan fingerprint density at radius 2 is 1.86 bits per heavy atom. The molecule has 1 aromatic carbocycles. The Labute approximate surface area is 122 Å². The Hall–Kier alpha value is -1.51. The van der Waals surface area contributed by atoms with Gasteiger partial charge in [-0.15, -0.1) is 0 Å². The highest BCUT2D eigenvalue weighted by Crippen LogP contribution is 2.14. The van der Waals surface area contributed by atoms with Crippen molar-refractivity contribution in [3.8, 4) is 0 Å². The Balaban J connectivity index is 2.02. The fraction of sp³-hybridized carbons (Fsp3) is 0.462. The van der Waals surface area contributed by atoms with E-state index in [2.05, 4.69) is 0 Å². The SMILES string of the molecule is CS(=O)(=O)N1CCN(Cc2cc(F)cc(C(=O)O)c2)CC1. The Kier molecular flexibility index (Phi) is 4.60. The first-order valence-electron chi connectivity index (χ1n) is 6.46. The number of carbonyl (C=O) groups is 1. The normalized spacial score (nSPS) is 17.8. The summed E-state index contributed by atoms with van der Waals surface area (Å²) in [7, 11) is -3.18. The lowest BCUT2D eigenvalue weighted by Crippen LogP contribution is -2.47. The van der Waals surface area contributed by atoms with Gasteiger partial charge in [-0.25, -0.2) is 17.6 Å². The Morgan fingerprint density at radius 1 is 1.24 bits per heavy atom. The average molecular weight is 316 g/mol. The summed E-state index contributed by atoms with van der Waals surface area (Å²) in [4.78, 5) is 12.9. The zero-order valence-electron chi connectivity index (χ0n) is 11.6. The summed E-state index contributed by atoms with van der Waals surface area (Å²) < 4.78 is 37.6. The van der Waals surface area contributed by atoms with Crippen LogP contribution in [0.3, 0.4) is 0 Å². The van der Waals surface area contributed by atoms with Gasteiger partial charge in [0.15, 0.2) is 0 Å². The summed E-state index contributed by atoms with van der Waals surface area (Å²) in [5.41, 5.74) is 0.486. The van der Waals surface area contributed by atoms with Gasteiger partial charge in [-0.3, -0.25) is 4.90 Å². The molecule has 0 atom stereocenters. The van der Waals surface area contributed by atoms with Gasteiger partial charge in [-0.05, 0) is 23.8 Å². The minimum absolute atomic E-state index is 0.0835. The summed E-state index contributed by atoms with van der Waals surface area (Å²) >= 11 is 0. The second kappa shape index (κ2) is 6.08. The topological polar surface area (TPSA) is 77.9 Å². The van der Waals surface area contributed by atoms with Gasteiger partial charge >= 0.3 is 5.97 Å². The molecular formula is C13H17FN2O4S. The molecule has 0 bridgehead atoms. The molecule has 1 aliphatic heterocycles. The van der Waals surface area contributed by atoms with Crippen LogP contribution in [0.4, 0.5) is 4.39 Å². The lowest BCUT2D eigenvalue weighted by atomic mass is 10.1. The largest absolute Gasteiger partial charge is 0.478 e. The number of nitrogens with zero attached hydrogens (tertiary/aromatic N) is 2. The molecule has 1 heterocycles. The number of sulfonamides is 1. The molecule has 0 spiro atoms. The molecule has 1 saturated heterocycles. The number of benzene rings is 1. The van der Waals surface area contributed by atoms with Crippen molar-refractivity contribution >= 4 is 16.0 Å². The van der Waals surface area contributed by atoms with Crippen molar-refractivity contribution < 1.29 is 22.7 Å². The van der Waals surface area contributed by atoms with Crippen molar-refractivity contribution in [2.75, 3.05) is 32.4 Å². The molecule has 0 aromatic heterocycles. The molecular weight excluding hydrogens is 299 g/mol. The first-order valence-corrected chi connectivity index (χ1v) is 8.31. The molecule has 1 aliphatic rings. The number of hydrogen-bond acceptors (Lipinski definition) is 4. The lowest BCUT2D eigenvalue weighted by molar-refractivity contribution is 0.0696. The Morgan fingerprint density at radius 3 is 2.38 bits per heavy atom. The van der Waals surface area contributed by atoms with Crippen LogP contribution in [0.15, 0.2) is 18.2 Å². The monoisotopic (exact) mass is 316 g/mol. The van der Waals surface area contributed by atoms with Crippen molar-refractivity contribution in [1.29, 1.82) is 0 Å². The zero-order valence-corrected chi connectivity index (χ0v) is 12.4. The van der Waals surface area contributed by atoms with Crippen LogP contribution in [-0.2, 0) is 16.6 Å². The number of halogens is 1. The quantitative estimate of drug-likeness (QED) is 0.880. The number of carboxylic acids is 1. The summed E-state index contributed by atoms with van der Waals surface area (Å²) in [6, 6.07) is 3.72. The van der Waals surface area contributed by atoms with E-state index in [1.807, 2.05) is 4.90 Å². The molecule has 2 rings (SSSR count). The molecule has 1 aromatic rings. The van der Waals surface area contributed by atoms with Crippen LogP contribution in [-0.4, -0.2) is 61.1 Å². The number of hydrogen-bond donors (Lipinski definition) is 1. The number of piperazine rings is 1. The van der Waals surface area contributed by atoms with E-state index in [0.29, 0.717) is 38.3 Å². The maximum atomic E-state index is 13.4. The molecule has 0 radical (unpaired) electrons. The first-order chi connectivity index (χ1) is 9.75. The second-order valence-corrected chi connectivity index (χ2v) is 7.07. The van der Waals surface area contributed by atoms with Gasteiger partial charge in [-0.2, -0.15) is 4.31 Å². The summed E-state index contributed by atoms with van der Waals surface area (Å²) in [6.07, 6.45) is 1.17. The maximum absolute atomic E-state index is 13.4. The number of rotatable bonds is 4. The van der Waals surface area contributed by atoms with Gasteiger partial charge < -0.3 is 5.11 Å². The highest BCUT2D eigenvalue weighted by molar-refractivity contribution is 7.88. The average Bonchev–Trinajstić information content (AvgIpc) is 2.37. The van der Waals surface area contributed by atoms with Gasteiger partial charge in [0.05, 0.1) is 11.8 Å². The molecule has 21 heavy (non-hydrogen) atoms. The fourth-order valence-electron chi connectivity index (χ4n) is 2.34. The summed E-state index contributed by atoms with van der Waals surface area (Å²) in [6.45, 7) is 2.24. The van der Waals surface area contributed by atoms with Crippen molar-refractivity contribution in [1.82, 2.24) is 9.21 Å². The van der Waals surface area contributed by atoms with Crippen molar-refractivity contribution in [2.45, 2.75) is 6.54 Å². The van der Waals surface area contributed by atoms with Gasteiger partial charge in [0.25, 0.3) is 0 Å². The summed E-state index contributed by atoms with van der Waals surface area (Å²) in [5.74, 6) is -1.75. The fourth-order valence-corrected chi connectivity index (χ4v) is 3.17. The molecule has 0 aliphatic carbocycles. The highest BCUT2D eigenvalue weighted by Gasteiger charge is 2.23. The molecule has 116 valence electrons. The van der Waals surface area contributed by atoms with Crippen molar-refractivity contribution in [2.24, 2.45) is 0 Å². The van der Waals surface area contributed by atoms with E-state index in [9.17, 15) is 17.6 Å². The molecule has 1 fully saturated rings. The van der Waals surface area contributed by atoms with Crippen LogP contribution >= 0.6 is 0 Å². The molecule has 8 heteroatoms. The van der Waals surface area contributed by atoms with Crippen LogP contribution in [0.5, 0.6) is 0 Å². The smallest absolute Gasteiger partial charge is 0.335 e. The second-order valence-electron chi connectivity index (χ2n) is 5.09. The van der Waals surface area contributed by atoms with E-state index in [1.165, 1.54) is 22.7 Å². The third-order valence-corrected chi connectivity index (χ3v) is 4.71. The van der Waals surface area contributed by atoms with E-state index in [1.54, 1.807) is 0 Å². The van der Waals surface area contributed by atoms with Gasteiger partial charge in [0, 0.05) is 32.7 Å². The van der Waals surface area contributed by atoms with Crippen molar-refractivity contribution in [3.63, 3.8) is 0 Å². The van der Waals surface area contributed by atoms with E-state index in [4.69, 9.17) is 5.11 Å². The lowest BCUT2D eigenvalue weighted by Gasteiger charge is -2.33. The molecule has 1 N–H and O–H groups in total. The molecule has 0 amide bonds. The van der Waals surface area contributed by atoms with Crippen LogP contribution in [0, 0.1) is 5.82 Å². The van der Waals surface area contributed by atoms with Crippen LogP contribution in [0.1, 0.15) is 15.9 Å². The third-order valence-electron chi connectivity index (χ3n) is 3.41. The maximum Gasteiger partial charge on any atom is 0.335 e. The van der Waals surface area contributed by atoms with Crippen LogP contribution < -0.4 is 0 Å². The first kappa shape index (κ1) is 15.9. The third kappa shape index (κ3) is 4.23. The van der Waals surface area contributed by atoms with Crippen molar-refractivity contribution in [3.05, 3.63) is 35.1 Å². The highest BCUT2D eigenvalue weighted by atomic mass is 32.2. The van der Waals surface area contributed by atoms with Gasteiger partial charge in [0.2, 0.25) is 10.0 Å². The zero-order chi connectivity index (χ0) is 15.6. The minimum atomic E-state index is -3.18. The minimum Gasteiger partial charge on any atom is -0.478 e. The van der Waals surface area contributed by atoms with Gasteiger partial charge in [0.1, 0.15) is 5.82 Å². The van der Waals surface area contributed by atoms with E-state index >= 15 is 0 Å². The standard InChI is InChI=1S/C13H17FN2O4S/c1-21(19,20)16-4-2-15(3-5-16)9-10-6-11(13(17)18)8-12(14)7-10/h6-8H,2-5,9H2,1H3,(H,17,18). The van der Waals surface area contributed by atoms with Crippen LogP contribution in [0.2, 0.25) is 0 Å². The molecule has 0 unspecified atom stereocenters. The van der Waals surface area contributed by atoms with E-state index < -0.39 is 21.8 Å². The van der Waals surface area contributed by atoms with E-state index in [0.717, 1.165) is 6.07 Å². The molecule has 0 saturated carbocycles. The number of aromatic carboxylic acids is 1.